The highest BCUT2D eigenvalue weighted by Gasteiger charge is 2.15. The number of fused-ring (bicyclic) bond motifs is 1. The predicted octanol–water partition coefficient (Wildman–Crippen LogP) is 2.89. The van der Waals surface area contributed by atoms with Gasteiger partial charge in [-0.2, -0.15) is 5.10 Å². The van der Waals surface area contributed by atoms with Crippen LogP contribution in [0.25, 0.3) is 5.52 Å². The minimum atomic E-state index is -1.17. The second-order valence-electron chi connectivity index (χ2n) is 3.40. The van der Waals surface area contributed by atoms with Crippen molar-refractivity contribution in [1.29, 1.82) is 0 Å². The van der Waals surface area contributed by atoms with Crippen molar-refractivity contribution in [3.63, 3.8) is 0 Å². The summed E-state index contributed by atoms with van der Waals surface area (Å²) in [5.74, 6) is -0.454. The van der Waals surface area contributed by atoms with E-state index in [0.717, 1.165) is 0 Å². The Bertz CT molecular complexity index is 597. The SMILES string of the molecule is CCc1nn2cc(F)c(Br)cc2c1NC(=O)O. The minimum absolute atomic E-state index is 0.265. The van der Waals surface area contributed by atoms with Gasteiger partial charge in [0.25, 0.3) is 0 Å². The fraction of sp³-hybridized carbons (Fsp3) is 0.200. The molecule has 7 heteroatoms. The smallest absolute Gasteiger partial charge is 0.409 e. The molecule has 0 radical (unpaired) electrons. The summed E-state index contributed by atoms with van der Waals surface area (Å²) < 4.78 is 14.9. The summed E-state index contributed by atoms with van der Waals surface area (Å²) in [5.41, 5.74) is 1.48. The number of pyridine rings is 1. The lowest BCUT2D eigenvalue weighted by molar-refractivity contribution is 0.210. The van der Waals surface area contributed by atoms with Crippen LogP contribution >= 0.6 is 15.9 Å². The van der Waals surface area contributed by atoms with Crippen molar-refractivity contribution in [2.75, 3.05) is 5.32 Å². The average Bonchev–Trinajstić information content (AvgIpc) is 2.57. The summed E-state index contributed by atoms with van der Waals surface area (Å²) in [4.78, 5) is 10.7. The van der Waals surface area contributed by atoms with Gasteiger partial charge in [0, 0.05) is 0 Å². The lowest BCUT2D eigenvalue weighted by atomic mass is 10.2. The van der Waals surface area contributed by atoms with Crippen molar-refractivity contribution in [2.24, 2.45) is 0 Å². The molecule has 2 N–H and O–H groups in total. The Morgan fingerprint density at radius 2 is 2.41 bits per heavy atom. The zero-order valence-corrected chi connectivity index (χ0v) is 10.5. The number of carbonyl (C=O) groups is 1. The molecule has 17 heavy (non-hydrogen) atoms. The van der Waals surface area contributed by atoms with E-state index < -0.39 is 11.9 Å². The fourth-order valence-electron chi connectivity index (χ4n) is 1.58. The maximum Gasteiger partial charge on any atom is 0.409 e. The van der Waals surface area contributed by atoms with E-state index >= 15 is 0 Å². The molecule has 5 nitrogen and oxygen atoms in total. The van der Waals surface area contributed by atoms with Gasteiger partial charge in [-0.1, -0.05) is 6.92 Å². The highest BCUT2D eigenvalue weighted by molar-refractivity contribution is 9.10. The van der Waals surface area contributed by atoms with Crippen molar-refractivity contribution < 1.29 is 14.3 Å². The molecule has 0 aliphatic rings. The molecule has 2 aromatic heterocycles. The lowest BCUT2D eigenvalue weighted by Crippen LogP contribution is -2.08. The number of nitrogens with one attached hydrogen (secondary N) is 1. The minimum Gasteiger partial charge on any atom is -0.465 e. The predicted molar refractivity (Wildman–Crippen MR) is 63.9 cm³/mol. The molecule has 0 fully saturated rings. The number of nitrogens with zero attached hydrogens (tertiary/aromatic N) is 2. The first kappa shape index (κ1) is 11.8. The first-order valence-electron chi connectivity index (χ1n) is 4.89. The van der Waals surface area contributed by atoms with Crippen molar-refractivity contribution in [3.8, 4) is 0 Å². The van der Waals surface area contributed by atoms with Crippen LogP contribution in [0.2, 0.25) is 0 Å². The van der Waals surface area contributed by atoms with Crippen LogP contribution in [0.3, 0.4) is 0 Å². The molecule has 0 saturated carbocycles. The van der Waals surface area contributed by atoms with Crippen LogP contribution in [0.15, 0.2) is 16.7 Å². The first-order chi connectivity index (χ1) is 8.02. The quantitative estimate of drug-likeness (QED) is 0.896. The van der Waals surface area contributed by atoms with Crippen molar-refractivity contribution >= 4 is 33.2 Å². The van der Waals surface area contributed by atoms with Crippen LogP contribution in [0.4, 0.5) is 14.9 Å². The van der Waals surface area contributed by atoms with E-state index in [4.69, 9.17) is 5.11 Å². The third-order valence-corrected chi connectivity index (χ3v) is 2.92. The molecule has 0 saturated heterocycles. The Kier molecular flexibility index (Phi) is 3.01. The monoisotopic (exact) mass is 301 g/mol. The van der Waals surface area contributed by atoms with E-state index in [1.807, 2.05) is 6.92 Å². The molecule has 0 aliphatic heterocycles. The van der Waals surface area contributed by atoms with Crippen LogP contribution in [0.1, 0.15) is 12.6 Å². The van der Waals surface area contributed by atoms with Gasteiger partial charge in [-0.15, -0.1) is 0 Å². The Morgan fingerprint density at radius 3 is 3.00 bits per heavy atom. The highest BCUT2D eigenvalue weighted by Crippen LogP contribution is 2.26. The standard InChI is InChI=1S/C10H9BrFN3O2/c1-2-7-9(13-10(16)17)8-3-5(11)6(12)4-15(8)14-7/h3-4,13H,2H2,1H3,(H,16,17). The summed E-state index contributed by atoms with van der Waals surface area (Å²) in [5, 5.41) is 15.2. The van der Waals surface area contributed by atoms with Gasteiger partial charge < -0.3 is 5.11 Å². The summed E-state index contributed by atoms with van der Waals surface area (Å²) in [6.45, 7) is 1.85. The zero-order chi connectivity index (χ0) is 12.6. The van der Waals surface area contributed by atoms with E-state index in [9.17, 15) is 9.18 Å². The number of halogens is 2. The number of aromatic nitrogens is 2. The van der Waals surface area contributed by atoms with E-state index in [1.165, 1.54) is 16.8 Å². The zero-order valence-electron chi connectivity index (χ0n) is 8.87. The average molecular weight is 302 g/mol. The topological polar surface area (TPSA) is 66.6 Å². The summed E-state index contributed by atoms with van der Waals surface area (Å²) in [6, 6.07) is 1.49. The van der Waals surface area contributed by atoms with Crippen molar-refractivity contribution in [2.45, 2.75) is 13.3 Å². The molecule has 0 aliphatic carbocycles. The van der Waals surface area contributed by atoms with Crippen LogP contribution in [-0.4, -0.2) is 20.8 Å². The van der Waals surface area contributed by atoms with E-state index in [1.54, 1.807) is 0 Å². The van der Waals surface area contributed by atoms with Gasteiger partial charge >= 0.3 is 6.09 Å². The third-order valence-electron chi connectivity index (χ3n) is 2.31. The van der Waals surface area contributed by atoms with E-state index in [0.29, 0.717) is 23.3 Å². The van der Waals surface area contributed by atoms with Gasteiger partial charge in [-0.05, 0) is 28.4 Å². The van der Waals surface area contributed by atoms with Crippen LogP contribution in [0, 0.1) is 5.82 Å². The molecular formula is C10H9BrFN3O2. The van der Waals surface area contributed by atoms with E-state index in [2.05, 4.69) is 26.3 Å². The Hall–Kier alpha value is -1.63. The third kappa shape index (κ3) is 2.10. The van der Waals surface area contributed by atoms with E-state index in [-0.39, 0.29) is 4.47 Å². The molecule has 1 amide bonds. The Morgan fingerprint density at radius 1 is 1.71 bits per heavy atom. The van der Waals surface area contributed by atoms with Gasteiger partial charge in [0.05, 0.1) is 27.6 Å². The number of amides is 1. The van der Waals surface area contributed by atoms with Gasteiger partial charge in [0.15, 0.2) is 5.82 Å². The number of hydrogen-bond donors (Lipinski definition) is 2. The molecule has 0 unspecified atom stereocenters. The maximum atomic E-state index is 13.3. The van der Waals surface area contributed by atoms with Gasteiger partial charge in [0.1, 0.15) is 0 Å². The van der Waals surface area contributed by atoms with Gasteiger partial charge in [-0.25, -0.2) is 13.7 Å². The Labute approximate surface area is 104 Å². The van der Waals surface area contributed by atoms with Crippen LogP contribution in [-0.2, 0) is 6.42 Å². The summed E-state index contributed by atoms with van der Waals surface area (Å²) in [7, 11) is 0. The first-order valence-corrected chi connectivity index (χ1v) is 5.68. The molecular weight excluding hydrogens is 293 g/mol. The Balaban J connectivity index is 2.69. The van der Waals surface area contributed by atoms with Crippen LogP contribution in [0.5, 0.6) is 0 Å². The molecule has 2 heterocycles. The number of anilines is 1. The number of aryl methyl sites for hydroxylation is 1. The molecule has 0 atom stereocenters. The summed E-state index contributed by atoms with van der Waals surface area (Å²) in [6.07, 6.45) is 0.581. The van der Waals surface area contributed by atoms with Crippen molar-refractivity contribution in [1.82, 2.24) is 9.61 Å². The number of hydrogen-bond acceptors (Lipinski definition) is 2. The van der Waals surface area contributed by atoms with Crippen LogP contribution < -0.4 is 5.32 Å². The highest BCUT2D eigenvalue weighted by atomic mass is 79.9. The fourth-order valence-corrected chi connectivity index (χ4v) is 1.90. The second-order valence-corrected chi connectivity index (χ2v) is 4.26. The summed E-state index contributed by atoms with van der Waals surface area (Å²) >= 11 is 3.06. The van der Waals surface area contributed by atoms with Gasteiger partial charge in [0.2, 0.25) is 0 Å². The normalized spacial score (nSPS) is 10.8. The molecule has 0 aromatic carbocycles. The molecule has 2 aromatic rings. The van der Waals surface area contributed by atoms with Crippen molar-refractivity contribution in [3.05, 3.63) is 28.2 Å². The molecule has 0 bridgehead atoms. The number of carboxylic acid groups (broad SMARTS) is 1. The maximum absolute atomic E-state index is 13.3. The molecule has 2 rings (SSSR count). The number of rotatable bonds is 2. The van der Waals surface area contributed by atoms with Gasteiger partial charge in [-0.3, -0.25) is 5.32 Å². The molecule has 90 valence electrons. The second kappa shape index (κ2) is 4.33. The largest absolute Gasteiger partial charge is 0.465 e. The molecule has 0 spiro atoms. The lowest BCUT2D eigenvalue weighted by Gasteiger charge is -2.01.